The van der Waals surface area contributed by atoms with E-state index >= 15 is 0 Å². The molecule has 3 aromatic rings. The molecule has 1 N–H and O–H groups in total. The van der Waals surface area contributed by atoms with Gasteiger partial charge in [-0.1, -0.05) is 37.7 Å². The number of hydrogen-bond donors (Lipinski definition) is 1. The second-order valence-electron chi connectivity index (χ2n) is 8.72. The summed E-state index contributed by atoms with van der Waals surface area (Å²) < 4.78 is 26.3. The topological polar surface area (TPSA) is 95.1 Å². The number of thioether (sulfide) groups is 1. The van der Waals surface area contributed by atoms with Gasteiger partial charge in [-0.2, -0.15) is 0 Å². The molecule has 0 unspecified atom stereocenters. The molecule has 170 valence electrons. The van der Waals surface area contributed by atoms with Gasteiger partial charge in [-0.25, -0.2) is 4.39 Å². The summed E-state index contributed by atoms with van der Waals surface area (Å²) in [6.07, 6.45) is 2.02. The van der Waals surface area contributed by atoms with Gasteiger partial charge in [0.25, 0.3) is 0 Å². The highest BCUT2D eigenvalue weighted by atomic mass is 32.2. The van der Waals surface area contributed by atoms with Crippen LogP contribution in [0.15, 0.2) is 40.0 Å². The van der Waals surface area contributed by atoms with Gasteiger partial charge < -0.3 is 9.26 Å². The van der Waals surface area contributed by atoms with Crippen molar-refractivity contribution in [3.05, 3.63) is 41.8 Å². The Bertz CT molecular complexity index is 1070. The standard InChI is InChI=1S/C22H26FN5O3S/c1-22(2,3)17-11-19(31-27-17)24-18(29)13-32-21-26-25-20(14-6-8-15(23)9-7-14)28(21)12-16-5-4-10-30-16/h6-9,11,16H,4-5,10,12-13H2,1-3H3,(H,24,29)/t16-/m0/s1. The number of nitrogens with one attached hydrogen (secondary N) is 1. The minimum absolute atomic E-state index is 0.0587. The van der Waals surface area contributed by atoms with Crippen LogP contribution in [0.4, 0.5) is 10.3 Å². The SMILES string of the molecule is CC(C)(C)c1cc(NC(=O)CSc2nnc(-c3ccc(F)cc3)n2C[C@@H]2CCCO2)on1. The zero-order valence-corrected chi connectivity index (χ0v) is 19.1. The quantitative estimate of drug-likeness (QED) is 0.527. The fourth-order valence-electron chi connectivity index (χ4n) is 3.36. The number of benzene rings is 1. The molecule has 0 saturated carbocycles. The van der Waals surface area contributed by atoms with E-state index in [-0.39, 0.29) is 29.0 Å². The van der Waals surface area contributed by atoms with Crippen LogP contribution in [0.3, 0.4) is 0 Å². The van der Waals surface area contributed by atoms with E-state index in [1.54, 1.807) is 18.2 Å². The zero-order valence-electron chi connectivity index (χ0n) is 18.3. The number of halogens is 1. The van der Waals surface area contributed by atoms with Crippen LogP contribution in [0.25, 0.3) is 11.4 Å². The van der Waals surface area contributed by atoms with Crippen molar-refractivity contribution in [2.45, 2.75) is 56.8 Å². The number of carbonyl (C=O) groups is 1. The van der Waals surface area contributed by atoms with Crippen molar-refractivity contribution in [2.75, 3.05) is 17.7 Å². The molecule has 32 heavy (non-hydrogen) atoms. The molecule has 1 saturated heterocycles. The molecule has 1 aliphatic heterocycles. The smallest absolute Gasteiger partial charge is 0.237 e. The Kier molecular flexibility index (Phi) is 6.61. The summed E-state index contributed by atoms with van der Waals surface area (Å²) in [7, 11) is 0. The first-order chi connectivity index (χ1) is 15.3. The lowest BCUT2D eigenvalue weighted by molar-refractivity contribution is -0.113. The summed E-state index contributed by atoms with van der Waals surface area (Å²) in [6, 6.07) is 7.86. The summed E-state index contributed by atoms with van der Waals surface area (Å²) in [5.41, 5.74) is 1.35. The van der Waals surface area contributed by atoms with Crippen molar-refractivity contribution in [2.24, 2.45) is 0 Å². The Hall–Kier alpha value is -2.72. The lowest BCUT2D eigenvalue weighted by atomic mass is 9.92. The molecule has 0 spiro atoms. The molecule has 4 rings (SSSR count). The normalized spacial score (nSPS) is 16.4. The summed E-state index contributed by atoms with van der Waals surface area (Å²) >= 11 is 1.27. The minimum atomic E-state index is -0.313. The minimum Gasteiger partial charge on any atom is -0.376 e. The van der Waals surface area contributed by atoms with Gasteiger partial charge in [0.2, 0.25) is 11.8 Å². The van der Waals surface area contributed by atoms with Crippen LogP contribution in [-0.2, 0) is 21.5 Å². The van der Waals surface area contributed by atoms with E-state index in [2.05, 4.69) is 20.7 Å². The molecule has 1 fully saturated rings. The molecule has 2 aromatic heterocycles. The van der Waals surface area contributed by atoms with Gasteiger partial charge >= 0.3 is 0 Å². The molecule has 1 amide bonds. The second-order valence-corrected chi connectivity index (χ2v) is 9.66. The van der Waals surface area contributed by atoms with Gasteiger partial charge in [0.05, 0.1) is 24.1 Å². The fourth-order valence-corrected chi connectivity index (χ4v) is 4.10. The van der Waals surface area contributed by atoms with Gasteiger partial charge in [0.1, 0.15) is 5.82 Å². The summed E-state index contributed by atoms with van der Waals surface area (Å²) in [6.45, 7) is 7.36. The van der Waals surface area contributed by atoms with Crippen LogP contribution in [-0.4, -0.2) is 44.3 Å². The van der Waals surface area contributed by atoms with Gasteiger partial charge in [-0.3, -0.25) is 14.7 Å². The first kappa shape index (κ1) is 22.5. The third-order valence-corrected chi connectivity index (χ3v) is 6.07. The maximum atomic E-state index is 13.4. The number of carbonyl (C=O) groups excluding carboxylic acids is 1. The number of hydrogen-bond acceptors (Lipinski definition) is 7. The molecule has 8 nitrogen and oxygen atoms in total. The Morgan fingerprint density at radius 1 is 1.28 bits per heavy atom. The van der Waals surface area contributed by atoms with Crippen LogP contribution >= 0.6 is 11.8 Å². The maximum absolute atomic E-state index is 13.4. The van der Waals surface area contributed by atoms with E-state index in [4.69, 9.17) is 9.26 Å². The van der Waals surface area contributed by atoms with Gasteiger partial charge in [-0.05, 0) is 37.1 Å². The molecule has 1 aromatic carbocycles. The van der Waals surface area contributed by atoms with Crippen LogP contribution in [0.2, 0.25) is 0 Å². The lowest BCUT2D eigenvalue weighted by Gasteiger charge is -2.14. The molecule has 0 aliphatic carbocycles. The van der Waals surface area contributed by atoms with E-state index < -0.39 is 0 Å². The van der Waals surface area contributed by atoms with Crippen molar-refractivity contribution in [1.82, 2.24) is 19.9 Å². The number of anilines is 1. The summed E-state index contributed by atoms with van der Waals surface area (Å²) in [5, 5.41) is 15.9. The van der Waals surface area contributed by atoms with Crippen molar-refractivity contribution in [3.8, 4) is 11.4 Å². The number of aromatic nitrogens is 4. The first-order valence-corrected chi connectivity index (χ1v) is 11.5. The zero-order chi connectivity index (χ0) is 22.7. The molecule has 0 bridgehead atoms. The van der Waals surface area contributed by atoms with Gasteiger partial charge in [0.15, 0.2) is 11.0 Å². The van der Waals surface area contributed by atoms with Crippen LogP contribution < -0.4 is 5.32 Å². The van der Waals surface area contributed by atoms with Crippen molar-refractivity contribution >= 4 is 23.6 Å². The molecular weight excluding hydrogens is 433 g/mol. The summed E-state index contributed by atoms with van der Waals surface area (Å²) in [5.74, 6) is 0.509. The molecule has 3 heterocycles. The highest BCUT2D eigenvalue weighted by Crippen LogP contribution is 2.27. The number of amides is 1. The maximum Gasteiger partial charge on any atom is 0.237 e. The van der Waals surface area contributed by atoms with Gasteiger partial charge in [0, 0.05) is 23.7 Å². The Morgan fingerprint density at radius 2 is 2.06 bits per heavy atom. The second kappa shape index (κ2) is 9.41. The predicted octanol–water partition coefficient (Wildman–Crippen LogP) is 4.28. The highest BCUT2D eigenvalue weighted by molar-refractivity contribution is 7.99. The van der Waals surface area contributed by atoms with Crippen molar-refractivity contribution in [1.29, 1.82) is 0 Å². The fraction of sp³-hybridized carbons (Fsp3) is 0.455. The average Bonchev–Trinajstić information content (AvgIpc) is 3.49. The van der Waals surface area contributed by atoms with E-state index in [1.807, 2.05) is 25.3 Å². The number of ether oxygens (including phenoxy) is 1. The predicted molar refractivity (Wildman–Crippen MR) is 119 cm³/mol. The molecular formula is C22H26FN5O3S. The highest BCUT2D eigenvalue weighted by Gasteiger charge is 2.23. The van der Waals surface area contributed by atoms with Gasteiger partial charge in [-0.15, -0.1) is 10.2 Å². The molecule has 0 radical (unpaired) electrons. The molecule has 1 aliphatic rings. The largest absolute Gasteiger partial charge is 0.376 e. The van der Waals surface area contributed by atoms with E-state index in [0.717, 1.165) is 30.7 Å². The molecule has 10 heteroatoms. The third-order valence-electron chi connectivity index (χ3n) is 5.10. The third kappa shape index (κ3) is 5.36. The number of nitrogens with zero attached hydrogens (tertiary/aromatic N) is 4. The number of rotatable bonds is 7. The van der Waals surface area contributed by atoms with Crippen molar-refractivity contribution < 1.29 is 18.4 Å². The Labute approximate surface area is 189 Å². The van der Waals surface area contributed by atoms with Crippen LogP contribution in [0.1, 0.15) is 39.3 Å². The van der Waals surface area contributed by atoms with E-state index in [0.29, 0.717) is 23.4 Å². The van der Waals surface area contributed by atoms with Crippen LogP contribution in [0, 0.1) is 5.82 Å². The Balaban J connectivity index is 1.46. The lowest BCUT2D eigenvalue weighted by Crippen LogP contribution is -2.18. The van der Waals surface area contributed by atoms with Crippen molar-refractivity contribution in [3.63, 3.8) is 0 Å². The monoisotopic (exact) mass is 459 g/mol. The average molecular weight is 460 g/mol. The molecule has 1 atom stereocenters. The van der Waals surface area contributed by atoms with Crippen LogP contribution in [0.5, 0.6) is 0 Å². The van der Waals surface area contributed by atoms with E-state index in [1.165, 1.54) is 23.9 Å². The van der Waals surface area contributed by atoms with E-state index in [9.17, 15) is 9.18 Å². The summed E-state index contributed by atoms with van der Waals surface area (Å²) in [4.78, 5) is 12.5. The first-order valence-electron chi connectivity index (χ1n) is 10.5. The Morgan fingerprint density at radius 3 is 2.72 bits per heavy atom.